The van der Waals surface area contributed by atoms with Crippen LogP contribution in [0.2, 0.25) is 0 Å². The van der Waals surface area contributed by atoms with Gasteiger partial charge in [-0.05, 0) is 11.5 Å². The van der Waals surface area contributed by atoms with E-state index in [0.29, 0.717) is 5.69 Å². The number of sulfonamides is 1. The Bertz CT molecular complexity index is 691. The number of nitrogens with two attached hydrogens (primary N) is 1. The molecule has 2 aromatic rings. The molecule has 0 spiro atoms. The monoisotopic (exact) mass is 280 g/mol. The minimum atomic E-state index is -3.54. The summed E-state index contributed by atoms with van der Waals surface area (Å²) in [5.41, 5.74) is 5.79. The second-order valence-corrected chi connectivity index (χ2v) is 6.10. The maximum absolute atomic E-state index is 11.8. The molecule has 0 heterocycles. The van der Waals surface area contributed by atoms with E-state index in [-0.39, 0.29) is 10.7 Å². The number of anilines is 1. The molecular formula is C12H12N2O2S2. The van der Waals surface area contributed by atoms with E-state index in [4.69, 9.17) is 5.73 Å². The van der Waals surface area contributed by atoms with Crippen LogP contribution in [0, 0.1) is 0 Å². The number of hydrogen-bond acceptors (Lipinski definition) is 3. The van der Waals surface area contributed by atoms with E-state index in [1.807, 2.05) is 30.3 Å². The zero-order chi connectivity index (χ0) is 13.2. The molecule has 4 nitrogen and oxygen atoms in total. The van der Waals surface area contributed by atoms with Gasteiger partial charge in [0.25, 0.3) is 0 Å². The van der Waals surface area contributed by atoms with Gasteiger partial charge in [0.1, 0.15) is 5.75 Å². The molecule has 0 saturated carbocycles. The van der Waals surface area contributed by atoms with E-state index in [1.165, 1.54) is 0 Å². The topological polar surface area (TPSA) is 72.2 Å². The summed E-state index contributed by atoms with van der Waals surface area (Å²) in [6, 6.07) is 12.9. The Labute approximate surface area is 111 Å². The summed E-state index contributed by atoms with van der Waals surface area (Å²) in [5.74, 6) is -0.356. The first-order valence-corrected chi connectivity index (χ1v) is 7.30. The highest BCUT2D eigenvalue weighted by Crippen LogP contribution is 2.23. The van der Waals surface area contributed by atoms with Crippen LogP contribution in [0.4, 0.5) is 5.69 Å². The van der Waals surface area contributed by atoms with E-state index in [0.717, 1.165) is 10.8 Å². The molecule has 0 saturated heterocycles. The van der Waals surface area contributed by atoms with Crippen molar-refractivity contribution in [2.45, 2.75) is 0 Å². The molecule has 3 N–H and O–H groups in total. The highest BCUT2D eigenvalue weighted by atomic mass is 32.2. The summed E-state index contributed by atoms with van der Waals surface area (Å²) < 4.78 is 26.0. The Balaban J connectivity index is 2.41. The van der Waals surface area contributed by atoms with Crippen LogP contribution < -0.4 is 10.5 Å². The molecule has 0 fully saturated rings. The van der Waals surface area contributed by atoms with Crippen LogP contribution >= 0.6 is 12.2 Å². The minimum Gasteiger partial charge on any atom is -0.392 e. The lowest BCUT2D eigenvalue weighted by atomic mass is 10.1. The van der Waals surface area contributed by atoms with E-state index in [9.17, 15) is 8.42 Å². The molecule has 2 rings (SSSR count). The van der Waals surface area contributed by atoms with Crippen molar-refractivity contribution in [1.29, 1.82) is 0 Å². The molecule has 0 aromatic heterocycles. The third-order valence-electron chi connectivity index (χ3n) is 2.39. The van der Waals surface area contributed by atoms with Gasteiger partial charge >= 0.3 is 0 Å². The van der Waals surface area contributed by atoms with Gasteiger partial charge in [0.05, 0.1) is 10.7 Å². The van der Waals surface area contributed by atoms with Gasteiger partial charge in [0, 0.05) is 5.39 Å². The Morgan fingerprint density at radius 1 is 1.17 bits per heavy atom. The summed E-state index contributed by atoms with van der Waals surface area (Å²) in [6.07, 6.45) is 0. The van der Waals surface area contributed by atoms with Gasteiger partial charge < -0.3 is 5.73 Å². The van der Waals surface area contributed by atoms with Crippen LogP contribution in [0.15, 0.2) is 42.5 Å². The molecule has 94 valence electrons. The van der Waals surface area contributed by atoms with Crippen LogP contribution in [0.25, 0.3) is 10.8 Å². The lowest BCUT2D eigenvalue weighted by Gasteiger charge is -2.10. The average molecular weight is 280 g/mol. The molecule has 0 aliphatic heterocycles. The number of nitrogens with one attached hydrogen (secondary N) is 1. The molecule has 6 heteroatoms. The van der Waals surface area contributed by atoms with Crippen molar-refractivity contribution in [2.75, 3.05) is 10.5 Å². The highest BCUT2D eigenvalue weighted by molar-refractivity contribution is 7.95. The first kappa shape index (κ1) is 12.8. The number of benzene rings is 2. The van der Waals surface area contributed by atoms with E-state index < -0.39 is 10.0 Å². The molecule has 0 aliphatic rings. The van der Waals surface area contributed by atoms with E-state index in [1.54, 1.807) is 12.1 Å². The fourth-order valence-corrected chi connectivity index (χ4v) is 3.13. The Kier molecular flexibility index (Phi) is 3.49. The summed E-state index contributed by atoms with van der Waals surface area (Å²) in [4.78, 5) is -0.0530. The van der Waals surface area contributed by atoms with Crippen molar-refractivity contribution in [1.82, 2.24) is 0 Å². The molecule has 0 atom stereocenters. The smallest absolute Gasteiger partial charge is 0.239 e. The average Bonchev–Trinajstić information content (AvgIpc) is 2.27. The zero-order valence-corrected chi connectivity index (χ0v) is 11.1. The van der Waals surface area contributed by atoms with Crippen molar-refractivity contribution >= 4 is 43.7 Å². The molecule has 18 heavy (non-hydrogen) atoms. The number of fused-ring (bicyclic) bond motifs is 1. The Morgan fingerprint density at radius 2 is 1.83 bits per heavy atom. The second kappa shape index (κ2) is 4.91. The maximum Gasteiger partial charge on any atom is 0.239 e. The number of thiocarbonyl (C=S) groups is 1. The fourth-order valence-electron chi connectivity index (χ4n) is 1.71. The lowest BCUT2D eigenvalue weighted by molar-refractivity contribution is 0.605. The van der Waals surface area contributed by atoms with Crippen LogP contribution in [-0.2, 0) is 10.0 Å². The van der Waals surface area contributed by atoms with Crippen LogP contribution in [0.3, 0.4) is 0 Å². The van der Waals surface area contributed by atoms with Crippen molar-refractivity contribution < 1.29 is 8.42 Å². The quantitative estimate of drug-likeness (QED) is 0.839. The third-order valence-corrected chi connectivity index (χ3v) is 3.94. The minimum absolute atomic E-state index is 0.0530. The Morgan fingerprint density at radius 3 is 2.56 bits per heavy atom. The molecule has 0 unspecified atom stereocenters. The van der Waals surface area contributed by atoms with E-state index in [2.05, 4.69) is 16.9 Å². The van der Waals surface area contributed by atoms with Crippen molar-refractivity contribution in [3.8, 4) is 0 Å². The highest BCUT2D eigenvalue weighted by Gasteiger charge is 2.13. The molecule has 0 bridgehead atoms. The van der Waals surface area contributed by atoms with Gasteiger partial charge in [-0.3, -0.25) is 4.72 Å². The summed E-state index contributed by atoms with van der Waals surface area (Å²) in [5, 5.41) is 1.81. The van der Waals surface area contributed by atoms with Gasteiger partial charge in [0.15, 0.2) is 0 Å². The Hall–Kier alpha value is -1.66. The normalized spacial score (nSPS) is 11.3. The molecule has 0 aliphatic carbocycles. The standard InChI is InChI=1S/C12H12N2O2S2/c13-12(17)8-18(15,16)14-11-7-3-5-9-4-1-2-6-10(9)11/h1-7,14H,8H2,(H2,13,17). The van der Waals surface area contributed by atoms with Crippen LogP contribution in [0.1, 0.15) is 0 Å². The van der Waals surface area contributed by atoms with Crippen molar-refractivity contribution in [2.24, 2.45) is 5.73 Å². The van der Waals surface area contributed by atoms with Crippen molar-refractivity contribution in [3.05, 3.63) is 42.5 Å². The first-order chi connectivity index (χ1) is 8.48. The third kappa shape index (κ3) is 2.96. The summed E-state index contributed by atoms with van der Waals surface area (Å²) in [6.45, 7) is 0. The van der Waals surface area contributed by atoms with Gasteiger partial charge in [0.2, 0.25) is 10.0 Å². The van der Waals surface area contributed by atoms with Crippen LogP contribution in [-0.4, -0.2) is 19.2 Å². The van der Waals surface area contributed by atoms with Gasteiger partial charge in [-0.25, -0.2) is 8.42 Å². The SMILES string of the molecule is NC(=S)CS(=O)(=O)Nc1cccc2ccccc12. The van der Waals surface area contributed by atoms with Gasteiger partial charge in [-0.2, -0.15) is 0 Å². The predicted molar refractivity (Wildman–Crippen MR) is 78.1 cm³/mol. The first-order valence-electron chi connectivity index (χ1n) is 5.24. The second-order valence-electron chi connectivity index (χ2n) is 3.85. The summed E-state index contributed by atoms with van der Waals surface area (Å²) >= 11 is 4.61. The largest absolute Gasteiger partial charge is 0.392 e. The van der Waals surface area contributed by atoms with Gasteiger partial charge in [-0.15, -0.1) is 0 Å². The fraction of sp³-hybridized carbons (Fsp3) is 0.0833. The summed E-state index contributed by atoms with van der Waals surface area (Å²) in [7, 11) is -3.54. The lowest BCUT2D eigenvalue weighted by Crippen LogP contribution is -2.26. The van der Waals surface area contributed by atoms with Gasteiger partial charge in [-0.1, -0.05) is 48.6 Å². The number of rotatable bonds is 4. The predicted octanol–water partition coefficient (Wildman–Crippen LogP) is 1.87. The maximum atomic E-state index is 11.8. The molecule has 0 radical (unpaired) electrons. The zero-order valence-electron chi connectivity index (χ0n) is 9.46. The molecule has 2 aromatic carbocycles. The molecule has 0 amide bonds. The van der Waals surface area contributed by atoms with Crippen molar-refractivity contribution in [3.63, 3.8) is 0 Å². The van der Waals surface area contributed by atoms with E-state index >= 15 is 0 Å². The molecular weight excluding hydrogens is 268 g/mol. The number of hydrogen-bond donors (Lipinski definition) is 2. The van der Waals surface area contributed by atoms with Crippen LogP contribution in [0.5, 0.6) is 0 Å².